The van der Waals surface area contributed by atoms with Gasteiger partial charge in [0.1, 0.15) is 34.8 Å². The first-order valence-electron chi connectivity index (χ1n) is 28.3. The molecule has 12 rings (SSSR count). The lowest BCUT2D eigenvalue weighted by atomic mass is 10.2. The Bertz CT molecular complexity index is 5230. The molecular weight excluding hydrogens is 1810 g/mol. The molecule has 0 unspecified atom stereocenters. The molecule has 0 amide bonds. The Kier molecular flexibility index (Phi) is 31.2. The Labute approximate surface area is 658 Å². The minimum Gasteiger partial charge on any atom is -0.493 e. The second kappa shape index (κ2) is 38.6. The van der Waals surface area contributed by atoms with Crippen molar-refractivity contribution in [1.82, 2.24) is 58.7 Å². The number of halogens is 17. The van der Waals surface area contributed by atoms with Crippen molar-refractivity contribution in [2.45, 2.75) is 19.5 Å². The molecule has 6 aromatic carbocycles. The van der Waals surface area contributed by atoms with Crippen LogP contribution in [0.3, 0.4) is 0 Å². The SMILES string of the molecule is Cc1ccc(-n2ncc(Cl)c(Cl)c2=O)cc1.NCCCOc1cccc(-n2ncc(Br)c(Br)c2=O)c1.O=c1c(Br)c(Br)cnn1-c1ccccc1.O=c1c(Cl)c(Cl)cnn1-c1ccc(C(F)(F)F)cc1.O=c1c(Cl)c(Cl)cnn1-c1ccc(Cl)cc1Cl.O=c1c(Cl)c(Cl)cnn1-c1ccccc1. The van der Waals surface area contributed by atoms with Gasteiger partial charge in [-0.2, -0.15) is 71.9 Å². The number of para-hydroxylation sites is 2. The Morgan fingerprint density at radius 1 is 0.402 bits per heavy atom. The van der Waals surface area contributed by atoms with Crippen LogP contribution in [-0.4, -0.2) is 71.8 Å². The average molecular weight is 1850 g/mol. The summed E-state index contributed by atoms with van der Waals surface area (Å²) in [7, 11) is 0. The largest absolute Gasteiger partial charge is 0.493 e. The van der Waals surface area contributed by atoms with E-state index in [0.29, 0.717) is 69.6 Å². The number of aryl methyl sites for hydroxylation is 1. The predicted molar refractivity (Wildman–Crippen MR) is 409 cm³/mol. The molecule has 0 fully saturated rings. The first-order chi connectivity index (χ1) is 48.4. The van der Waals surface area contributed by atoms with Crippen molar-refractivity contribution in [3.63, 3.8) is 0 Å². The zero-order chi connectivity index (χ0) is 74.7. The van der Waals surface area contributed by atoms with Gasteiger partial charge in [-0.05, 0) is 175 Å². The normalized spacial score (nSPS) is 10.7. The summed E-state index contributed by atoms with van der Waals surface area (Å²) in [5, 5.41) is 24.3. The van der Waals surface area contributed by atoms with Gasteiger partial charge in [0, 0.05) is 11.1 Å². The molecule has 0 bridgehead atoms. The van der Waals surface area contributed by atoms with Crippen LogP contribution in [0.5, 0.6) is 5.75 Å². The lowest BCUT2D eigenvalue weighted by Crippen LogP contribution is -2.21. The van der Waals surface area contributed by atoms with E-state index in [1.807, 2.05) is 79.7 Å². The van der Waals surface area contributed by atoms with Crippen molar-refractivity contribution in [3.05, 3.63) is 330 Å². The van der Waals surface area contributed by atoms with Crippen molar-refractivity contribution < 1.29 is 17.9 Å². The molecule has 0 aliphatic rings. The highest BCUT2D eigenvalue weighted by Gasteiger charge is 2.30. The summed E-state index contributed by atoms with van der Waals surface area (Å²) in [6.45, 7) is 3.10. The monoisotopic (exact) mass is 1840 g/mol. The Hall–Kier alpha value is -7.03. The summed E-state index contributed by atoms with van der Waals surface area (Å²) in [6, 6.07) is 41.5. The van der Waals surface area contributed by atoms with E-state index in [4.69, 9.17) is 126 Å². The summed E-state index contributed by atoms with van der Waals surface area (Å²) in [5.41, 5.74) is 6.47. The third-order valence-electron chi connectivity index (χ3n) is 12.8. The summed E-state index contributed by atoms with van der Waals surface area (Å²) < 4.78 is 51.9. The predicted octanol–water partition coefficient (Wildman–Crippen LogP) is 18.0. The fraction of sp³-hybridized carbons (Fsp3) is 0.0769. The second-order valence-corrected chi connectivity index (χ2v) is 27.1. The molecule has 20 nitrogen and oxygen atoms in total. The highest BCUT2D eigenvalue weighted by atomic mass is 79.9. The summed E-state index contributed by atoms with van der Waals surface area (Å²) in [4.78, 5) is 70.9. The van der Waals surface area contributed by atoms with Crippen molar-refractivity contribution in [2.24, 2.45) is 5.73 Å². The van der Waals surface area contributed by atoms with Crippen LogP contribution in [0.25, 0.3) is 34.1 Å². The van der Waals surface area contributed by atoms with Crippen LogP contribution in [0, 0.1) is 6.92 Å². The molecule has 0 spiro atoms. The number of hydrogen-bond acceptors (Lipinski definition) is 14. The molecule has 102 heavy (non-hydrogen) atoms. The molecule has 528 valence electrons. The number of nitrogens with zero attached hydrogens (tertiary/aromatic N) is 12. The van der Waals surface area contributed by atoms with Gasteiger partial charge in [-0.3, -0.25) is 28.8 Å². The lowest BCUT2D eigenvalue weighted by molar-refractivity contribution is -0.137. The number of ether oxygens (including phenoxy) is 1. The van der Waals surface area contributed by atoms with E-state index in [9.17, 15) is 41.9 Å². The van der Waals surface area contributed by atoms with E-state index in [2.05, 4.69) is 94.3 Å². The van der Waals surface area contributed by atoms with Crippen LogP contribution < -0.4 is 43.8 Å². The molecule has 37 heteroatoms. The smallest absolute Gasteiger partial charge is 0.416 e. The highest BCUT2D eigenvalue weighted by molar-refractivity contribution is 9.13. The number of alkyl halides is 3. The van der Waals surface area contributed by atoms with Gasteiger partial charge in [0.25, 0.3) is 33.4 Å². The number of hydrogen-bond donors (Lipinski definition) is 1. The van der Waals surface area contributed by atoms with E-state index in [1.165, 1.54) is 43.4 Å². The van der Waals surface area contributed by atoms with Gasteiger partial charge in [0.15, 0.2) is 0 Å². The number of nitrogens with two attached hydrogens (primary N) is 1. The Morgan fingerprint density at radius 3 is 1.16 bits per heavy atom. The van der Waals surface area contributed by atoms with E-state index in [-0.39, 0.29) is 57.0 Å². The summed E-state index contributed by atoms with van der Waals surface area (Å²) >= 11 is 70.2. The highest BCUT2D eigenvalue weighted by Crippen LogP contribution is 2.30. The van der Waals surface area contributed by atoms with Gasteiger partial charge < -0.3 is 10.5 Å². The van der Waals surface area contributed by atoms with Crippen LogP contribution in [0.4, 0.5) is 13.2 Å². The molecule has 0 aliphatic heterocycles. The third-order valence-corrected chi connectivity index (χ3v) is 20.1. The van der Waals surface area contributed by atoms with Gasteiger partial charge in [0.2, 0.25) is 0 Å². The average Bonchev–Trinajstić information content (AvgIpc) is 0.838. The zero-order valence-corrected chi connectivity index (χ0v) is 65.1. The molecule has 0 atom stereocenters. The molecule has 2 N–H and O–H groups in total. The van der Waals surface area contributed by atoms with Crippen LogP contribution >= 0.6 is 180 Å². The maximum atomic E-state index is 12.4. The number of benzene rings is 6. The molecule has 12 aromatic rings. The first-order valence-corrected chi connectivity index (χ1v) is 35.2. The fourth-order valence-electron chi connectivity index (χ4n) is 7.81. The van der Waals surface area contributed by atoms with E-state index < -0.39 is 34.0 Å². The first kappa shape index (κ1) is 82.3. The molecule has 0 saturated carbocycles. The lowest BCUT2D eigenvalue weighted by Gasteiger charge is -2.09. The maximum Gasteiger partial charge on any atom is 0.416 e. The minimum absolute atomic E-state index is 0.0164. The van der Waals surface area contributed by atoms with Gasteiger partial charge in [0.05, 0.1) is 118 Å². The number of rotatable bonds is 10. The minimum atomic E-state index is -4.44. The van der Waals surface area contributed by atoms with Crippen molar-refractivity contribution in [3.8, 4) is 39.9 Å². The quantitative estimate of drug-likeness (QED) is 0.125. The topological polar surface area (TPSA) is 245 Å². The molecule has 6 aromatic heterocycles. The third kappa shape index (κ3) is 22.0. The number of aromatic nitrogens is 12. The molecule has 6 heterocycles. The fourth-order valence-corrected chi connectivity index (χ4v) is 10.4. The van der Waals surface area contributed by atoms with E-state index in [1.54, 1.807) is 60.9 Å². The van der Waals surface area contributed by atoms with E-state index in [0.717, 1.165) is 57.5 Å². The summed E-state index contributed by atoms with van der Waals surface area (Å²) in [5.74, 6) is 0.684. The van der Waals surface area contributed by atoms with Crippen LogP contribution in [0.2, 0.25) is 50.2 Å². The van der Waals surface area contributed by atoms with Gasteiger partial charge in [-0.1, -0.05) is 176 Å². The van der Waals surface area contributed by atoms with Crippen LogP contribution in [0.15, 0.2) is 235 Å². The van der Waals surface area contributed by atoms with Crippen molar-refractivity contribution >= 4 is 180 Å². The molecule has 0 radical (unpaired) electrons. The van der Waals surface area contributed by atoms with Gasteiger partial charge in [-0.15, -0.1) is 0 Å². The summed E-state index contributed by atoms with van der Waals surface area (Å²) in [6.07, 6.45) is 4.61. The zero-order valence-electron chi connectivity index (χ0n) is 51.2. The second-order valence-electron chi connectivity index (χ2n) is 19.8. The Balaban J connectivity index is 0.000000172. The molecule has 0 saturated heterocycles. The van der Waals surface area contributed by atoms with Gasteiger partial charge >= 0.3 is 6.18 Å². The Morgan fingerprint density at radius 2 is 0.755 bits per heavy atom. The van der Waals surface area contributed by atoms with Crippen molar-refractivity contribution in [1.29, 1.82) is 0 Å². The standard InChI is InChI=1S/C13H13Br2N3O2.C11H5Cl2F3N2O.C11H8Cl2N2O.C10H6Br2N2O.C10H4Cl4N2O.C10H6Cl2N2O/c14-11-8-17-18(13(19)12(11)15)9-3-1-4-10(7-9)20-6-2-5-16;12-8-5-17-18(10(19)9(8)13)7-3-1-6(2-4-7)11(14,15)16;1-7-2-4-8(5-3-7)15-11(16)10(13)9(12)6-14-15;11-8-6-13-14(10(15)9(8)12)7-4-2-1-3-5-7;11-5-1-2-8(6(12)3-5)16-10(17)9(14)7(13)4-15-16;11-8-6-13-14(10(15)9(8)12)7-4-2-1-3-5-7/h1,3-4,7-8H,2,5-6,16H2;1-5H;2-6H,1H3;1-6H;1-4H;1-6H. The molecule has 0 aliphatic carbocycles. The molecular formula is C65H42Br4Cl10F3N13O7. The van der Waals surface area contributed by atoms with Crippen LogP contribution in [0.1, 0.15) is 17.5 Å². The van der Waals surface area contributed by atoms with Crippen molar-refractivity contribution in [2.75, 3.05) is 13.2 Å². The van der Waals surface area contributed by atoms with Crippen LogP contribution in [-0.2, 0) is 6.18 Å². The maximum absolute atomic E-state index is 12.4. The van der Waals surface area contributed by atoms with E-state index >= 15 is 0 Å². The van der Waals surface area contributed by atoms with Gasteiger partial charge in [-0.25, -0.2) is 0 Å².